The van der Waals surface area contributed by atoms with Crippen LogP contribution in [0.4, 0.5) is 5.69 Å². The smallest absolute Gasteiger partial charge is 0.147 e. The summed E-state index contributed by atoms with van der Waals surface area (Å²) in [6.45, 7) is 5.26. The number of ether oxygens (including phenoxy) is 1. The van der Waals surface area contributed by atoms with E-state index in [0.29, 0.717) is 17.1 Å². The van der Waals surface area contributed by atoms with E-state index in [2.05, 4.69) is 28.7 Å². The fraction of sp³-hybridized carbons (Fsp3) is 0.158. The average molecular weight is 305 g/mol. The Hall–Kier alpha value is -3.06. The molecule has 0 saturated carbocycles. The van der Waals surface area contributed by atoms with E-state index in [9.17, 15) is 0 Å². The van der Waals surface area contributed by atoms with Gasteiger partial charge in [-0.2, -0.15) is 5.26 Å². The van der Waals surface area contributed by atoms with Gasteiger partial charge in [-0.15, -0.1) is 0 Å². The van der Waals surface area contributed by atoms with E-state index in [1.807, 2.05) is 51.4 Å². The Morgan fingerprint density at radius 2 is 1.91 bits per heavy atom. The third kappa shape index (κ3) is 4.21. The normalized spacial score (nSPS) is 16.1. The van der Waals surface area contributed by atoms with Crippen LogP contribution in [0.25, 0.3) is 6.08 Å². The molecule has 0 bridgehead atoms. The van der Waals surface area contributed by atoms with Gasteiger partial charge < -0.3 is 9.64 Å². The number of anilines is 1. The molecule has 4 heteroatoms. The lowest BCUT2D eigenvalue weighted by atomic mass is 10.1. The van der Waals surface area contributed by atoms with Crippen molar-refractivity contribution in [3.8, 4) is 6.07 Å². The summed E-state index contributed by atoms with van der Waals surface area (Å²) in [6, 6.07) is 10.2. The summed E-state index contributed by atoms with van der Waals surface area (Å²) >= 11 is 0. The molecule has 116 valence electrons. The Bertz CT molecular complexity index is 757. The zero-order valence-corrected chi connectivity index (χ0v) is 13.6. The first kappa shape index (κ1) is 16.3. The highest BCUT2D eigenvalue weighted by molar-refractivity contribution is 5.58. The number of allylic oxidation sites excluding steroid dienone is 6. The molecule has 0 atom stereocenters. The number of aliphatic imine (C=N–C) groups is 1. The first-order valence-electron chi connectivity index (χ1n) is 7.18. The van der Waals surface area contributed by atoms with Crippen LogP contribution in [-0.2, 0) is 4.74 Å². The average Bonchev–Trinajstić information content (AvgIpc) is 2.54. The lowest BCUT2D eigenvalue weighted by Crippen LogP contribution is -2.07. The van der Waals surface area contributed by atoms with E-state index in [-0.39, 0.29) is 5.70 Å². The first-order chi connectivity index (χ1) is 11.0. The van der Waals surface area contributed by atoms with Crippen LogP contribution < -0.4 is 4.90 Å². The maximum Gasteiger partial charge on any atom is 0.147 e. The standard InChI is InChI=1S/C19H19N3O/c1-14-11-16(19(13-20)21-2)12-18(23-14)10-7-15-5-8-17(9-6-15)22(3)4/h5-12H,2H2,1,3-4H3/b10-7+,19-16+. The molecule has 1 aromatic rings. The van der Waals surface area contributed by atoms with Crippen molar-refractivity contribution in [3.05, 3.63) is 70.8 Å². The van der Waals surface area contributed by atoms with Gasteiger partial charge in [-0.3, -0.25) is 4.99 Å². The van der Waals surface area contributed by atoms with E-state index in [0.717, 1.165) is 11.3 Å². The Kier molecular flexibility index (Phi) is 5.16. The minimum Gasteiger partial charge on any atom is -0.462 e. The van der Waals surface area contributed by atoms with Crippen LogP contribution in [0.5, 0.6) is 0 Å². The van der Waals surface area contributed by atoms with Gasteiger partial charge in [0, 0.05) is 25.4 Å². The second kappa shape index (κ2) is 7.28. The van der Waals surface area contributed by atoms with Crippen molar-refractivity contribution in [2.24, 2.45) is 4.99 Å². The topological polar surface area (TPSA) is 48.6 Å². The van der Waals surface area contributed by atoms with Crippen molar-refractivity contribution in [2.75, 3.05) is 19.0 Å². The molecule has 1 aromatic carbocycles. The highest BCUT2D eigenvalue weighted by Crippen LogP contribution is 2.23. The van der Waals surface area contributed by atoms with E-state index in [4.69, 9.17) is 10.00 Å². The van der Waals surface area contributed by atoms with E-state index >= 15 is 0 Å². The maximum atomic E-state index is 9.07. The van der Waals surface area contributed by atoms with Crippen LogP contribution in [0, 0.1) is 11.3 Å². The van der Waals surface area contributed by atoms with Crippen LogP contribution >= 0.6 is 0 Å². The number of benzene rings is 1. The lowest BCUT2D eigenvalue weighted by molar-refractivity contribution is 0.318. The molecule has 1 aliphatic rings. The fourth-order valence-corrected chi connectivity index (χ4v) is 2.13. The van der Waals surface area contributed by atoms with Gasteiger partial charge in [-0.1, -0.05) is 18.2 Å². The van der Waals surface area contributed by atoms with Gasteiger partial charge in [0.25, 0.3) is 0 Å². The van der Waals surface area contributed by atoms with E-state index < -0.39 is 0 Å². The highest BCUT2D eigenvalue weighted by atomic mass is 16.5. The monoisotopic (exact) mass is 305 g/mol. The summed E-state index contributed by atoms with van der Waals surface area (Å²) in [7, 11) is 4.02. The van der Waals surface area contributed by atoms with Crippen molar-refractivity contribution in [1.82, 2.24) is 0 Å². The molecule has 0 N–H and O–H groups in total. The molecule has 4 nitrogen and oxygen atoms in total. The highest BCUT2D eigenvalue weighted by Gasteiger charge is 2.09. The second-order valence-corrected chi connectivity index (χ2v) is 5.30. The summed E-state index contributed by atoms with van der Waals surface area (Å²) < 4.78 is 5.66. The third-order valence-electron chi connectivity index (χ3n) is 3.32. The predicted octanol–water partition coefficient (Wildman–Crippen LogP) is 4.06. The number of nitrogens with zero attached hydrogens (tertiary/aromatic N) is 3. The number of hydrogen-bond donors (Lipinski definition) is 0. The van der Waals surface area contributed by atoms with Crippen LogP contribution in [-0.4, -0.2) is 20.8 Å². The summed E-state index contributed by atoms with van der Waals surface area (Å²) in [6.07, 6.45) is 7.40. The molecular formula is C19H19N3O. The Morgan fingerprint density at radius 1 is 1.22 bits per heavy atom. The summed E-state index contributed by atoms with van der Waals surface area (Å²) in [5, 5.41) is 9.07. The van der Waals surface area contributed by atoms with Gasteiger partial charge >= 0.3 is 0 Å². The molecule has 0 spiro atoms. The molecule has 0 radical (unpaired) electrons. The largest absolute Gasteiger partial charge is 0.462 e. The quantitative estimate of drug-likeness (QED) is 0.622. The minimum atomic E-state index is 0.286. The van der Waals surface area contributed by atoms with Crippen molar-refractivity contribution in [2.45, 2.75) is 6.92 Å². The minimum absolute atomic E-state index is 0.286. The summed E-state index contributed by atoms with van der Waals surface area (Å²) in [5.41, 5.74) is 3.21. The first-order valence-corrected chi connectivity index (χ1v) is 7.18. The van der Waals surface area contributed by atoms with Gasteiger partial charge in [0.1, 0.15) is 23.3 Å². The maximum absolute atomic E-state index is 9.07. The zero-order chi connectivity index (χ0) is 16.8. The van der Waals surface area contributed by atoms with Crippen LogP contribution in [0.3, 0.4) is 0 Å². The predicted molar refractivity (Wildman–Crippen MR) is 94.9 cm³/mol. The second-order valence-electron chi connectivity index (χ2n) is 5.30. The van der Waals surface area contributed by atoms with Crippen molar-refractivity contribution in [1.29, 1.82) is 5.26 Å². The number of nitriles is 1. The molecule has 23 heavy (non-hydrogen) atoms. The third-order valence-corrected chi connectivity index (χ3v) is 3.32. The number of hydrogen-bond acceptors (Lipinski definition) is 4. The van der Waals surface area contributed by atoms with Gasteiger partial charge in [0.2, 0.25) is 0 Å². The molecule has 0 saturated heterocycles. The molecular weight excluding hydrogens is 286 g/mol. The molecule has 0 aromatic heterocycles. The zero-order valence-electron chi connectivity index (χ0n) is 13.6. The van der Waals surface area contributed by atoms with Crippen LogP contribution in [0.2, 0.25) is 0 Å². The van der Waals surface area contributed by atoms with Gasteiger partial charge in [0.05, 0.1) is 0 Å². The van der Waals surface area contributed by atoms with Crippen molar-refractivity contribution < 1.29 is 4.74 Å². The van der Waals surface area contributed by atoms with E-state index in [1.54, 1.807) is 12.2 Å². The molecule has 1 heterocycles. The molecule has 1 aliphatic heterocycles. The molecule has 0 amide bonds. The van der Waals surface area contributed by atoms with Crippen molar-refractivity contribution >= 4 is 18.5 Å². The van der Waals surface area contributed by atoms with E-state index in [1.165, 1.54) is 0 Å². The lowest BCUT2D eigenvalue weighted by Gasteiger charge is -2.14. The fourth-order valence-electron chi connectivity index (χ4n) is 2.13. The van der Waals surface area contributed by atoms with Crippen molar-refractivity contribution in [3.63, 3.8) is 0 Å². The summed E-state index contributed by atoms with van der Waals surface area (Å²) in [5.74, 6) is 1.37. The van der Waals surface area contributed by atoms with Gasteiger partial charge in [-0.25, -0.2) is 0 Å². The Labute approximate surface area is 137 Å². The Balaban J connectivity index is 2.24. The Morgan fingerprint density at radius 3 is 2.48 bits per heavy atom. The van der Waals surface area contributed by atoms with Crippen LogP contribution in [0.1, 0.15) is 12.5 Å². The molecule has 2 rings (SSSR count). The number of rotatable bonds is 4. The molecule has 0 fully saturated rings. The van der Waals surface area contributed by atoms with Gasteiger partial charge in [-0.05, 0) is 49.6 Å². The van der Waals surface area contributed by atoms with Gasteiger partial charge in [0.15, 0.2) is 0 Å². The van der Waals surface area contributed by atoms with Crippen LogP contribution in [0.15, 0.2) is 70.3 Å². The SMILES string of the molecule is C=N/C(C#N)=C1\C=C(C)OC(/C=C/c2ccc(N(C)C)cc2)=C1. The molecule has 0 aliphatic carbocycles. The molecule has 0 unspecified atom stereocenters. The summed E-state index contributed by atoms with van der Waals surface area (Å²) in [4.78, 5) is 5.79.